The average molecular weight is 334 g/mol. The fourth-order valence-electron chi connectivity index (χ4n) is 3.70. The van der Waals surface area contributed by atoms with Crippen molar-refractivity contribution in [2.45, 2.75) is 45.1 Å². The first kappa shape index (κ1) is 15.9. The standard InChI is InChI=1S/C21H22N2O2/c1-14-13-15(21(24)23-16-5-3-2-4-6-16)7-8-17(14)20-18-10-12-25-19(18)9-11-22-20/h7-13,16H,2-6H2,1H3,(H,23,24). The molecule has 1 N–H and O–H groups in total. The summed E-state index contributed by atoms with van der Waals surface area (Å²) in [6.45, 7) is 2.02. The van der Waals surface area contributed by atoms with E-state index in [1.807, 2.05) is 37.3 Å². The van der Waals surface area contributed by atoms with Gasteiger partial charge in [0.25, 0.3) is 5.91 Å². The summed E-state index contributed by atoms with van der Waals surface area (Å²) in [4.78, 5) is 17.1. The van der Waals surface area contributed by atoms with Crippen LogP contribution in [0.5, 0.6) is 0 Å². The SMILES string of the molecule is Cc1cc(C(=O)NC2CCCCC2)ccc1-c1nccc2occc12. The Labute approximate surface area is 147 Å². The van der Waals surface area contributed by atoms with Gasteiger partial charge in [0.1, 0.15) is 5.58 Å². The summed E-state index contributed by atoms with van der Waals surface area (Å²) in [5, 5.41) is 4.17. The molecule has 0 bridgehead atoms. The first-order valence-corrected chi connectivity index (χ1v) is 8.96. The molecule has 4 heteroatoms. The van der Waals surface area contributed by atoms with Crippen LogP contribution in [0.25, 0.3) is 22.2 Å². The molecule has 2 heterocycles. The summed E-state index contributed by atoms with van der Waals surface area (Å²) in [6.07, 6.45) is 9.32. The summed E-state index contributed by atoms with van der Waals surface area (Å²) >= 11 is 0. The van der Waals surface area contributed by atoms with Gasteiger partial charge in [-0.3, -0.25) is 9.78 Å². The predicted octanol–water partition coefficient (Wildman–Crippen LogP) is 4.87. The van der Waals surface area contributed by atoms with E-state index >= 15 is 0 Å². The van der Waals surface area contributed by atoms with E-state index in [1.54, 1.807) is 12.5 Å². The number of hydrogen-bond donors (Lipinski definition) is 1. The Hall–Kier alpha value is -2.62. The molecule has 1 saturated carbocycles. The van der Waals surface area contributed by atoms with Crippen molar-refractivity contribution in [1.82, 2.24) is 10.3 Å². The minimum atomic E-state index is 0.0241. The second-order valence-electron chi connectivity index (χ2n) is 6.83. The van der Waals surface area contributed by atoms with E-state index in [9.17, 15) is 4.79 Å². The Kier molecular flexibility index (Phi) is 4.26. The Bertz CT molecular complexity index is 907. The number of hydrogen-bond acceptors (Lipinski definition) is 3. The lowest BCUT2D eigenvalue weighted by Gasteiger charge is -2.23. The number of carbonyl (C=O) groups is 1. The molecule has 3 aromatic rings. The molecule has 2 aromatic heterocycles. The number of nitrogens with one attached hydrogen (secondary N) is 1. The summed E-state index contributed by atoms with van der Waals surface area (Å²) in [5.41, 5.74) is 4.50. The highest BCUT2D eigenvalue weighted by Crippen LogP contribution is 2.30. The molecule has 0 atom stereocenters. The van der Waals surface area contributed by atoms with Gasteiger partial charge in [0, 0.05) is 28.8 Å². The van der Waals surface area contributed by atoms with Gasteiger partial charge in [0.05, 0.1) is 12.0 Å². The van der Waals surface area contributed by atoms with Gasteiger partial charge in [0.2, 0.25) is 0 Å². The number of benzene rings is 1. The van der Waals surface area contributed by atoms with Crippen LogP contribution in [0.1, 0.15) is 48.0 Å². The second-order valence-corrected chi connectivity index (χ2v) is 6.83. The summed E-state index contributed by atoms with van der Waals surface area (Å²) in [5.74, 6) is 0.0241. The number of carbonyl (C=O) groups excluding carboxylic acids is 1. The molecule has 0 radical (unpaired) electrons. The number of pyridine rings is 1. The zero-order chi connectivity index (χ0) is 17.2. The molecular weight excluding hydrogens is 312 g/mol. The molecule has 0 unspecified atom stereocenters. The number of aryl methyl sites for hydroxylation is 1. The van der Waals surface area contributed by atoms with E-state index in [1.165, 1.54) is 19.3 Å². The van der Waals surface area contributed by atoms with Gasteiger partial charge in [-0.25, -0.2) is 0 Å². The first-order valence-electron chi connectivity index (χ1n) is 8.96. The maximum absolute atomic E-state index is 12.5. The minimum absolute atomic E-state index is 0.0241. The molecular formula is C21H22N2O2. The smallest absolute Gasteiger partial charge is 0.251 e. The third-order valence-electron chi connectivity index (χ3n) is 5.06. The molecule has 1 aliphatic carbocycles. The predicted molar refractivity (Wildman–Crippen MR) is 98.5 cm³/mol. The maximum atomic E-state index is 12.5. The van der Waals surface area contributed by atoms with Crippen molar-refractivity contribution in [1.29, 1.82) is 0 Å². The van der Waals surface area contributed by atoms with Crippen LogP contribution in [0.2, 0.25) is 0 Å². The summed E-state index contributed by atoms with van der Waals surface area (Å²) in [6, 6.07) is 9.94. The molecule has 25 heavy (non-hydrogen) atoms. The molecule has 1 aliphatic rings. The van der Waals surface area contributed by atoms with Crippen molar-refractivity contribution in [3.63, 3.8) is 0 Å². The van der Waals surface area contributed by atoms with Crippen LogP contribution in [-0.2, 0) is 0 Å². The number of furan rings is 1. The van der Waals surface area contributed by atoms with E-state index in [4.69, 9.17) is 4.42 Å². The molecule has 0 saturated heterocycles. The van der Waals surface area contributed by atoms with Crippen LogP contribution in [0.4, 0.5) is 0 Å². The lowest BCUT2D eigenvalue weighted by molar-refractivity contribution is 0.0927. The Morgan fingerprint density at radius 3 is 2.80 bits per heavy atom. The largest absolute Gasteiger partial charge is 0.464 e. The van der Waals surface area contributed by atoms with Crippen LogP contribution in [0.15, 0.2) is 47.2 Å². The van der Waals surface area contributed by atoms with Gasteiger partial charge in [-0.05, 0) is 49.6 Å². The Balaban J connectivity index is 1.60. The van der Waals surface area contributed by atoms with Crippen molar-refractivity contribution in [2.24, 2.45) is 0 Å². The van der Waals surface area contributed by atoms with E-state index in [-0.39, 0.29) is 5.91 Å². The summed E-state index contributed by atoms with van der Waals surface area (Å²) < 4.78 is 5.46. The van der Waals surface area contributed by atoms with Gasteiger partial charge < -0.3 is 9.73 Å². The first-order chi connectivity index (χ1) is 12.2. The quantitative estimate of drug-likeness (QED) is 0.744. The number of nitrogens with zero attached hydrogens (tertiary/aromatic N) is 1. The highest BCUT2D eigenvalue weighted by atomic mass is 16.3. The van der Waals surface area contributed by atoms with E-state index in [0.29, 0.717) is 11.6 Å². The van der Waals surface area contributed by atoms with Crippen molar-refractivity contribution >= 4 is 16.9 Å². The van der Waals surface area contributed by atoms with Gasteiger partial charge in [0.15, 0.2) is 0 Å². The molecule has 4 rings (SSSR count). The van der Waals surface area contributed by atoms with Crippen LogP contribution in [-0.4, -0.2) is 16.9 Å². The van der Waals surface area contributed by atoms with Crippen molar-refractivity contribution in [3.05, 3.63) is 53.9 Å². The molecule has 128 valence electrons. The lowest BCUT2D eigenvalue weighted by Crippen LogP contribution is -2.36. The van der Waals surface area contributed by atoms with E-state index in [0.717, 1.165) is 40.6 Å². The third-order valence-corrected chi connectivity index (χ3v) is 5.06. The zero-order valence-electron chi connectivity index (χ0n) is 14.4. The topological polar surface area (TPSA) is 55.1 Å². The van der Waals surface area contributed by atoms with E-state index in [2.05, 4.69) is 10.3 Å². The van der Waals surface area contributed by atoms with Gasteiger partial charge in [-0.1, -0.05) is 25.3 Å². The van der Waals surface area contributed by atoms with Crippen molar-refractivity contribution in [3.8, 4) is 11.3 Å². The summed E-state index contributed by atoms with van der Waals surface area (Å²) in [7, 11) is 0. The van der Waals surface area contributed by atoms with Crippen molar-refractivity contribution < 1.29 is 9.21 Å². The van der Waals surface area contributed by atoms with Gasteiger partial charge >= 0.3 is 0 Å². The van der Waals surface area contributed by atoms with Crippen LogP contribution in [0, 0.1) is 6.92 Å². The van der Waals surface area contributed by atoms with Crippen LogP contribution < -0.4 is 5.32 Å². The molecule has 1 amide bonds. The number of amides is 1. The highest BCUT2D eigenvalue weighted by molar-refractivity contribution is 5.97. The monoisotopic (exact) mass is 334 g/mol. The second kappa shape index (κ2) is 6.71. The average Bonchev–Trinajstić information content (AvgIpc) is 3.11. The van der Waals surface area contributed by atoms with Crippen molar-refractivity contribution in [2.75, 3.05) is 0 Å². The molecule has 0 spiro atoms. The van der Waals surface area contributed by atoms with E-state index < -0.39 is 0 Å². The van der Waals surface area contributed by atoms with Crippen LogP contribution in [0.3, 0.4) is 0 Å². The fraction of sp³-hybridized carbons (Fsp3) is 0.333. The Morgan fingerprint density at radius 1 is 1.16 bits per heavy atom. The highest BCUT2D eigenvalue weighted by Gasteiger charge is 2.18. The van der Waals surface area contributed by atoms with Gasteiger partial charge in [-0.2, -0.15) is 0 Å². The molecule has 1 fully saturated rings. The number of fused-ring (bicyclic) bond motifs is 1. The lowest BCUT2D eigenvalue weighted by atomic mass is 9.95. The van der Waals surface area contributed by atoms with Gasteiger partial charge in [-0.15, -0.1) is 0 Å². The normalized spacial score (nSPS) is 15.4. The number of aromatic nitrogens is 1. The maximum Gasteiger partial charge on any atom is 0.251 e. The minimum Gasteiger partial charge on any atom is -0.464 e. The van der Waals surface area contributed by atoms with Crippen LogP contribution >= 0.6 is 0 Å². The molecule has 1 aromatic carbocycles. The Morgan fingerprint density at radius 2 is 2.00 bits per heavy atom. The molecule has 0 aliphatic heterocycles. The third kappa shape index (κ3) is 3.16. The zero-order valence-corrected chi connectivity index (χ0v) is 14.4. The molecule has 4 nitrogen and oxygen atoms in total. The fourth-order valence-corrected chi connectivity index (χ4v) is 3.70. The number of rotatable bonds is 3.